The van der Waals surface area contributed by atoms with Gasteiger partial charge in [-0.05, 0) is 38.4 Å². The van der Waals surface area contributed by atoms with Crippen LogP contribution in [-0.2, 0) is 10.0 Å². The fourth-order valence-corrected chi connectivity index (χ4v) is 3.16. The molecule has 0 aliphatic heterocycles. The Kier molecular flexibility index (Phi) is 7.89. The van der Waals surface area contributed by atoms with Crippen LogP contribution in [0.25, 0.3) is 0 Å². The monoisotopic (exact) mass is 383 g/mol. The van der Waals surface area contributed by atoms with Gasteiger partial charge in [-0.25, -0.2) is 8.42 Å². The van der Waals surface area contributed by atoms with Gasteiger partial charge in [-0.1, -0.05) is 30.3 Å². The number of amides is 1. The first-order valence-electron chi connectivity index (χ1n) is 7.50. The summed E-state index contributed by atoms with van der Waals surface area (Å²) in [7, 11) is 0.0801. The molecule has 0 unspecified atom stereocenters. The Hall–Kier alpha value is -2.09. The summed E-state index contributed by atoms with van der Waals surface area (Å²) >= 11 is 0. The van der Waals surface area contributed by atoms with Gasteiger partial charge in [0.2, 0.25) is 0 Å². The lowest BCUT2D eigenvalue weighted by molar-refractivity contribution is 0.0952. The highest BCUT2D eigenvalue weighted by molar-refractivity contribution is 7.92. The van der Waals surface area contributed by atoms with E-state index in [1.807, 2.05) is 19.0 Å². The highest BCUT2D eigenvalue weighted by Gasteiger charge is 2.18. The molecule has 6 nitrogen and oxygen atoms in total. The lowest BCUT2D eigenvalue weighted by atomic mass is 10.1. The minimum atomic E-state index is -3.74. The molecule has 0 spiro atoms. The molecule has 0 saturated carbocycles. The molecule has 0 bridgehead atoms. The van der Waals surface area contributed by atoms with Gasteiger partial charge in [0, 0.05) is 13.1 Å². The third kappa shape index (κ3) is 6.04. The lowest BCUT2D eigenvalue weighted by Gasteiger charge is -2.14. The van der Waals surface area contributed by atoms with Crippen LogP contribution in [0.3, 0.4) is 0 Å². The van der Waals surface area contributed by atoms with E-state index in [0.29, 0.717) is 13.1 Å². The Balaban J connectivity index is 0.00000312. The Labute approximate surface area is 154 Å². The van der Waals surface area contributed by atoms with E-state index in [4.69, 9.17) is 0 Å². The van der Waals surface area contributed by atoms with Crippen molar-refractivity contribution in [2.45, 2.75) is 4.90 Å². The van der Waals surface area contributed by atoms with Crippen molar-refractivity contribution in [1.29, 1.82) is 0 Å². The number of sulfonamides is 1. The number of carbonyl (C=O) groups excluding carboxylic acids is 1. The summed E-state index contributed by atoms with van der Waals surface area (Å²) in [6, 6.07) is 14.6. The Morgan fingerprint density at radius 1 is 1.00 bits per heavy atom. The maximum atomic E-state index is 12.4. The second kappa shape index (κ2) is 9.41. The number of para-hydroxylation sites is 1. The summed E-state index contributed by atoms with van der Waals surface area (Å²) in [4.78, 5) is 14.4. The number of nitrogens with one attached hydrogen (secondary N) is 2. The SMILES string of the molecule is CN(C)CCNC(=O)c1ccccc1NS(=O)(=O)c1ccccc1.Cl. The molecule has 0 radical (unpaired) electrons. The van der Waals surface area contributed by atoms with Crippen LogP contribution in [-0.4, -0.2) is 46.4 Å². The zero-order valence-corrected chi connectivity index (χ0v) is 15.7. The van der Waals surface area contributed by atoms with E-state index >= 15 is 0 Å². The Bertz CT molecular complexity index is 796. The van der Waals surface area contributed by atoms with Gasteiger partial charge in [0.1, 0.15) is 0 Å². The molecule has 2 N–H and O–H groups in total. The molecule has 0 aliphatic carbocycles. The molecule has 2 aromatic rings. The van der Waals surface area contributed by atoms with Gasteiger partial charge in [-0.2, -0.15) is 0 Å². The zero-order valence-electron chi connectivity index (χ0n) is 14.1. The van der Waals surface area contributed by atoms with Crippen LogP contribution in [0.2, 0.25) is 0 Å². The number of nitrogens with zero attached hydrogens (tertiary/aromatic N) is 1. The van der Waals surface area contributed by atoms with Gasteiger partial charge in [-0.15, -0.1) is 12.4 Å². The minimum absolute atomic E-state index is 0. The lowest BCUT2D eigenvalue weighted by Crippen LogP contribution is -2.32. The third-order valence-electron chi connectivity index (χ3n) is 3.31. The summed E-state index contributed by atoms with van der Waals surface area (Å²) in [5.74, 6) is -0.316. The van der Waals surface area contributed by atoms with Gasteiger partial charge >= 0.3 is 0 Å². The molecule has 25 heavy (non-hydrogen) atoms. The van der Waals surface area contributed by atoms with E-state index in [1.165, 1.54) is 12.1 Å². The molecule has 2 rings (SSSR count). The number of hydrogen-bond acceptors (Lipinski definition) is 4. The smallest absolute Gasteiger partial charge is 0.261 e. The van der Waals surface area contributed by atoms with E-state index in [-0.39, 0.29) is 34.5 Å². The number of likely N-dealkylation sites (N-methyl/N-ethyl adjacent to an activating group) is 1. The minimum Gasteiger partial charge on any atom is -0.351 e. The number of rotatable bonds is 7. The zero-order chi connectivity index (χ0) is 17.6. The van der Waals surface area contributed by atoms with Crippen molar-refractivity contribution in [2.75, 3.05) is 31.9 Å². The van der Waals surface area contributed by atoms with E-state index in [9.17, 15) is 13.2 Å². The molecule has 2 aromatic carbocycles. The standard InChI is InChI=1S/C17H21N3O3S.ClH/c1-20(2)13-12-18-17(21)15-10-6-7-11-16(15)19-24(22,23)14-8-4-3-5-9-14;/h3-11,19H,12-13H2,1-2H3,(H,18,21);1H. The number of carbonyl (C=O) groups is 1. The maximum Gasteiger partial charge on any atom is 0.261 e. The van der Waals surface area contributed by atoms with Crippen LogP contribution in [0, 0.1) is 0 Å². The van der Waals surface area contributed by atoms with Gasteiger partial charge in [0.05, 0.1) is 16.1 Å². The van der Waals surface area contributed by atoms with E-state index in [0.717, 1.165) is 0 Å². The fraction of sp³-hybridized carbons (Fsp3) is 0.235. The quantitative estimate of drug-likeness (QED) is 0.768. The molecule has 136 valence electrons. The highest BCUT2D eigenvalue weighted by Crippen LogP contribution is 2.20. The largest absolute Gasteiger partial charge is 0.351 e. The number of halogens is 1. The third-order valence-corrected chi connectivity index (χ3v) is 4.70. The number of anilines is 1. The van der Waals surface area contributed by atoms with E-state index in [1.54, 1.807) is 42.5 Å². The predicted molar refractivity (Wildman–Crippen MR) is 102 cm³/mol. The first-order valence-corrected chi connectivity index (χ1v) is 8.98. The average Bonchev–Trinajstić information content (AvgIpc) is 2.55. The molecule has 1 amide bonds. The predicted octanol–water partition coefficient (Wildman–Crippen LogP) is 2.20. The van der Waals surface area contributed by atoms with E-state index in [2.05, 4.69) is 10.0 Å². The molecule has 8 heteroatoms. The summed E-state index contributed by atoms with van der Waals surface area (Å²) < 4.78 is 27.3. The van der Waals surface area contributed by atoms with Gasteiger partial charge in [0.15, 0.2) is 0 Å². The summed E-state index contributed by atoms with van der Waals surface area (Å²) in [5, 5.41) is 2.78. The fourth-order valence-electron chi connectivity index (χ4n) is 2.06. The molecular formula is C17H22ClN3O3S. The average molecular weight is 384 g/mol. The molecule has 0 saturated heterocycles. The second-order valence-corrected chi connectivity index (χ2v) is 7.21. The van der Waals surface area contributed by atoms with Gasteiger partial charge in [0.25, 0.3) is 15.9 Å². The molecule has 0 aromatic heterocycles. The van der Waals surface area contributed by atoms with Crippen molar-refractivity contribution in [3.8, 4) is 0 Å². The first kappa shape index (κ1) is 21.0. The normalized spacial score (nSPS) is 10.8. The molecular weight excluding hydrogens is 362 g/mol. The Morgan fingerprint density at radius 3 is 2.24 bits per heavy atom. The van der Waals surface area contributed by atoms with Crippen LogP contribution < -0.4 is 10.0 Å². The van der Waals surface area contributed by atoms with Crippen molar-refractivity contribution in [1.82, 2.24) is 10.2 Å². The van der Waals surface area contributed by atoms with Crippen LogP contribution in [0.1, 0.15) is 10.4 Å². The molecule has 0 fully saturated rings. The van der Waals surface area contributed by atoms with Crippen LogP contribution in [0.5, 0.6) is 0 Å². The second-order valence-electron chi connectivity index (χ2n) is 5.52. The van der Waals surface area contributed by atoms with Crippen LogP contribution in [0.15, 0.2) is 59.5 Å². The number of hydrogen-bond donors (Lipinski definition) is 2. The van der Waals surface area contributed by atoms with Crippen molar-refractivity contribution < 1.29 is 13.2 Å². The molecule has 0 aliphatic rings. The molecule has 0 atom stereocenters. The number of benzene rings is 2. The summed E-state index contributed by atoms with van der Waals surface area (Å²) in [6.07, 6.45) is 0. The van der Waals surface area contributed by atoms with Gasteiger partial charge < -0.3 is 10.2 Å². The molecule has 0 heterocycles. The van der Waals surface area contributed by atoms with Gasteiger partial charge in [-0.3, -0.25) is 9.52 Å². The topological polar surface area (TPSA) is 78.5 Å². The van der Waals surface area contributed by atoms with Crippen molar-refractivity contribution >= 4 is 34.0 Å². The van der Waals surface area contributed by atoms with E-state index < -0.39 is 10.0 Å². The van der Waals surface area contributed by atoms with Crippen LogP contribution in [0.4, 0.5) is 5.69 Å². The maximum absolute atomic E-state index is 12.4. The first-order chi connectivity index (χ1) is 11.4. The summed E-state index contributed by atoms with van der Waals surface area (Å²) in [5.41, 5.74) is 0.541. The van der Waals surface area contributed by atoms with Crippen LogP contribution >= 0.6 is 12.4 Å². The summed E-state index contributed by atoms with van der Waals surface area (Å²) in [6.45, 7) is 1.18. The Morgan fingerprint density at radius 2 is 1.60 bits per heavy atom. The van der Waals surface area contributed by atoms with Crippen molar-refractivity contribution in [3.63, 3.8) is 0 Å². The van der Waals surface area contributed by atoms with Crippen molar-refractivity contribution in [2.24, 2.45) is 0 Å². The van der Waals surface area contributed by atoms with Crippen molar-refractivity contribution in [3.05, 3.63) is 60.2 Å². The highest BCUT2D eigenvalue weighted by atomic mass is 35.5.